The van der Waals surface area contributed by atoms with Gasteiger partial charge in [0.15, 0.2) is 6.61 Å². The Morgan fingerprint density at radius 3 is 2.56 bits per heavy atom. The van der Waals surface area contributed by atoms with Gasteiger partial charge in [-0.05, 0) is 24.1 Å². The number of rotatable bonds is 7. The van der Waals surface area contributed by atoms with Gasteiger partial charge >= 0.3 is 11.7 Å². The van der Waals surface area contributed by atoms with Gasteiger partial charge in [-0.3, -0.25) is 14.2 Å². The second-order valence-corrected chi connectivity index (χ2v) is 5.20. The smallest absolute Gasteiger partial charge is 0.341 e. The molecule has 3 N–H and O–H groups in total. The van der Waals surface area contributed by atoms with Gasteiger partial charge in [0.25, 0.3) is 11.5 Å². The number of nitrogens with one attached hydrogen (secondary N) is 2. The minimum absolute atomic E-state index is 0.139. The maximum Gasteiger partial charge on any atom is 0.341 e. The summed E-state index contributed by atoms with van der Waals surface area (Å²) in [6.45, 7) is -0.125. The number of aliphatic carboxylic acids is 1. The number of H-pyrrole nitrogens is 1. The van der Waals surface area contributed by atoms with Gasteiger partial charge in [-0.1, -0.05) is 12.1 Å². The van der Waals surface area contributed by atoms with Gasteiger partial charge in [0.1, 0.15) is 11.3 Å². The van der Waals surface area contributed by atoms with Gasteiger partial charge < -0.3 is 20.1 Å². The van der Waals surface area contributed by atoms with Crippen LogP contribution >= 0.6 is 0 Å². The van der Waals surface area contributed by atoms with Crippen LogP contribution in [0.4, 0.5) is 0 Å². The molecule has 0 spiro atoms. The monoisotopic (exact) mass is 347 g/mol. The van der Waals surface area contributed by atoms with Crippen molar-refractivity contribution in [2.75, 3.05) is 13.2 Å². The van der Waals surface area contributed by atoms with Crippen molar-refractivity contribution in [3.63, 3.8) is 0 Å². The fraction of sp³-hybridized carbons (Fsp3) is 0.250. The largest absolute Gasteiger partial charge is 0.482 e. The number of benzene rings is 1. The first kappa shape index (κ1) is 18.0. The highest BCUT2D eigenvalue weighted by Crippen LogP contribution is 2.12. The first-order valence-corrected chi connectivity index (χ1v) is 7.39. The maximum atomic E-state index is 12.0. The second kappa shape index (κ2) is 7.95. The van der Waals surface area contributed by atoms with Crippen LogP contribution in [0.3, 0.4) is 0 Å². The third-order valence-corrected chi connectivity index (χ3v) is 3.41. The Hall–Kier alpha value is -3.36. The van der Waals surface area contributed by atoms with E-state index in [0.717, 1.165) is 16.3 Å². The average molecular weight is 347 g/mol. The van der Waals surface area contributed by atoms with Crippen LogP contribution in [0.1, 0.15) is 15.9 Å². The lowest BCUT2D eigenvalue weighted by molar-refractivity contribution is -0.139. The molecule has 2 aromatic rings. The highest BCUT2D eigenvalue weighted by Gasteiger charge is 2.12. The number of hydrogen-bond acceptors (Lipinski definition) is 5. The van der Waals surface area contributed by atoms with E-state index in [4.69, 9.17) is 9.84 Å². The molecule has 1 aromatic carbocycles. The summed E-state index contributed by atoms with van der Waals surface area (Å²) in [5.74, 6) is -1.19. The zero-order valence-electron chi connectivity index (χ0n) is 13.4. The number of carboxylic acid groups (broad SMARTS) is 1. The summed E-state index contributed by atoms with van der Waals surface area (Å²) < 4.78 is 5.85. The normalized spacial score (nSPS) is 10.3. The molecule has 0 radical (unpaired) electrons. The van der Waals surface area contributed by atoms with Gasteiger partial charge in [-0.15, -0.1) is 0 Å². The predicted octanol–water partition coefficient (Wildman–Crippen LogP) is -0.490. The van der Waals surface area contributed by atoms with E-state index in [0.29, 0.717) is 12.2 Å². The SMILES string of the molecule is Cn1c(=O)[nH]cc(C(=O)NCCc2ccc(OCC(=O)O)cc2)c1=O. The molecule has 0 saturated carbocycles. The second-order valence-electron chi connectivity index (χ2n) is 5.20. The fourth-order valence-corrected chi connectivity index (χ4v) is 2.04. The minimum Gasteiger partial charge on any atom is -0.482 e. The zero-order chi connectivity index (χ0) is 18.4. The van der Waals surface area contributed by atoms with Crippen LogP contribution in [-0.2, 0) is 18.3 Å². The Bertz CT molecular complexity index is 882. The predicted molar refractivity (Wildman–Crippen MR) is 87.9 cm³/mol. The van der Waals surface area contributed by atoms with Crippen molar-refractivity contribution < 1.29 is 19.4 Å². The third-order valence-electron chi connectivity index (χ3n) is 3.41. The van der Waals surface area contributed by atoms with Crippen molar-refractivity contribution in [2.45, 2.75) is 6.42 Å². The number of nitrogens with zero attached hydrogens (tertiary/aromatic N) is 1. The Morgan fingerprint density at radius 2 is 1.92 bits per heavy atom. The van der Waals surface area contributed by atoms with Crippen LogP contribution in [-0.4, -0.2) is 39.7 Å². The number of carboxylic acids is 1. The molecule has 0 bridgehead atoms. The molecule has 0 unspecified atom stereocenters. The van der Waals surface area contributed by atoms with E-state index < -0.39 is 29.7 Å². The van der Waals surface area contributed by atoms with Crippen LogP contribution in [0.15, 0.2) is 40.1 Å². The summed E-state index contributed by atoms with van der Waals surface area (Å²) in [6.07, 6.45) is 1.60. The van der Waals surface area contributed by atoms with Crippen LogP contribution in [0.5, 0.6) is 5.75 Å². The van der Waals surface area contributed by atoms with Crippen molar-refractivity contribution in [2.24, 2.45) is 7.05 Å². The first-order valence-electron chi connectivity index (χ1n) is 7.39. The molecule has 9 nitrogen and oxygen atoms in total. The summed E-state index contributed by atoms with van der Waals surface area (Å²) in [4.78, 5) is 47.8. The molecule has 1 aromatic heterocycles. The summed E-state index contributed by atoms with van der Waals surface area (Å²) >= 11 is 0. The van der Waals surface area contributed by atoms with E-state index in [1.165, 1.54) is 7.05 Å². The molecule has 132 valence electrons. The highest BCUT2D eigenvalue weighted by molar-refractivity contribution is 5.93. The van der Waals surface area contributed by atoms with Crippen molar-refractivity contribution >= 4 is 11.9 Å². The molecule has 9 heteroatoms. The number of carbonyl (C=O) groups is 2. The zero-order valence-corrected chi connectivity index (χ0v) is 13.4. The molecule has 2 rings (SSSR count). The maximum absolute atomic E-state index is 12.0. The standard InChI is InChI=1S/C16H17N3O6/c1-19-15(23)12(8-18-16(19)24)14(22)17-7-6-10-2-4-11(5-3-10)25-9-13(20)21/h2-5,8H,6-7,9H2,1H3,(H,17,22)(H,18,24)(H,20,21). The lowest BCUT2D eigenvalue weighted by atomic mass is 10.1. The lowest BCUT2D eigenvalue weighted by Gasteiger charge is -2.07. The van der Waals surface area contributed by atoms with Crippen LogP contribution in [0.2, 0.25) is 0 Å². The molecule has 0 atom stereocenters. The fourth-order valence-electron chi connectivity index (χ4n) is 2.04. The van der Waals surface area contributed by atoms with Crippen LogP contribution < -0.4 is 21.3 Å². The van der Waals surface area contributed by atoms with Crippen molar-refractivity contribution in [3.8, 4) is 5.75 Å². The average Bonchev–Trinajstić information content (AvgIpc) is 2.59. The van der Waals surface area contributed by atoms with E-state index in [1.54, 1.807) is 24.3 Å². The van der Waals surface area contributed by atoms with Gasteiger partial charge in [-0.25, -0.2) is 9.59 Å². The lowest BCUT2D eigenvalue weighted by Crippen LogP contribution is -2.39. The quantitative estimate of drug-likeness (QED) is 0.619. The molecule has 0 fully saturated rings. The van der Waals surface area contributed by atoms with Crippen molar-refractivity contribution in [1.82, 2.24) is 14.9 Å². The van der Waals surface area contributed by atoms with Crippen LogP contribution in [0, 0.1) is 0 Å². The van der Waals surface area contributed by atoms with Gasteiger partial charge in [-0.2, -0.15) is 0 Å². The van der Waals surface area contributed by atoms with Crippen LogP contribution in [0.25, 0.3) is 0 Å². The summed E-state index contributed by atoms with van der Waals surface area (Å²) in [6, 6.07) is 6.78. The molecule has 1 heterocycles. The van der Waals surface area contributed by atoms with E-state index in [9.17, 15) is 19.2 Å². The van der Waals surface area contributed by atoms with E-state index in [-0.39, 0.29) is 12.1 Å². The molecule has 0 aliphatic heterocycles. The number of aromatic nitrogens is 2. The third kappa shape index (κ3) is 4.80. The summed E-state index contributed by atoms with van der Waals surface area (Å²) in [7, 11) is 1.28. The number of carbonyl (C=O) groups excluding carboxylic acids is 1. The topological polar surface area (TPSA) is 130 Å². The molecule has 25 heavy (non-hydrogen) atoms. The van der Waals surface area contributed by atoms with E-state index in [1.807, 2.05) is 0 Å². The number of aromatic amines is 1. The Kier molecular flexibility index (Phi) is 5.72. The minimum atomic E-state index is -1.06. The molecule has 0 aliphatic rings. The Balaban J connectivity index is 1.89. The number of ether oxygens (including phenoxy) is 1. The van der Waals surface area contributed by atoms with E-state index >= 15 is 0 Å². The number of amides is 1. The van der Waals surface area contributed by atoms with Crippen molar-refractivity contribution in [3.05, 3.63) is 62.4 Å². The molecule has 0 aliphatic carbocycles. The Morgan fingerprint density at radius 1 is 1.24 bits per heavy atom. The summed E-state index contributed by atoms with van der Waals surface area (Å²) in [5, 5.41) is 11.1. The molecule has 0 saturated heterocycles. The van der Waals surface area contributed by atoms with Gasteiger partial charge in [0.05, 0.1) is 0 Å². The molecular weight excluding hydrogens is 330 g/mol. The van der Waals surface area contributed by atoms with Crippen molar-refractivity contribution in [1.29, 1.82) is 0 Å². The first-order chi connectivity index (χ1) is 11.9. The highest BCUT2D eigenvalue weighted by atomic mass is 16.5. The molecule has 1 amide bonds. The molecular formula is C16H17N3O6. The van der Waals surface area contributed by atoms with Gasteiger partial charge in [0.2, 0.25) is 0 Å². The summed E-state index contributed by atoms with van der Waals surface area (Å²) in [5.41, 5.74) is -0.496. The van der Waals surface area contributed by atoms with Gasteiger partial charge in [0, 0.05) is 19.8 Å². The number of hydrogen-bond donors (Lipinski definition) is 3. The van der Waals surface area contributed by atoms with E-state index in [2.05, 4.69) is 10.3 Å². The Labute approximate surface area is 141 Å².